The molecule has 0 spiro atoms. The van der Waals surface area contributed by atoms with Gasteiger partial charge < -0.3 is 19.9 Å². The number of likely N-dealkylation sites (N-methyl/N-ethyl adjacent to an activating group) is 1. The molecule has 1 N–H and O–H groups in total. The minimum absolute atomic E-state index is 0.0933. The SMILES string of the molecule is CCC(C(=O)C(=O)NCCc1ccccc1)N(C)C(=O)[C@H](CC(=O)N1CCOCC1)S(=O)(=O)Cc1ccccc1. The Labute approximate surface area is 235 Å². The zero-order valence-electron chi connectivity index (χ0n) is 23.0. The largest absolute Gasteiger partial charge is 0.378 e. The number of nitrogens with one attached hydrogen (secondary N) is 1. The molecule has 1 heterocycles. The molecule has 40 heavy (non-hydrogen) atoms. The normalized spacial score (nSPS) is 15.1. The lowest BCUT2D eigenvalue weighted by Crippen LogP contribution is -2.53. The van der Waals surface area contributed by atoms with Crippen molar-refractivity contribution in [3.05, 3.63) is 71.8 Å². The van der Waals surface area contributed by atoms with Gasteiger partial charge in [-0.1, -0.05) is 67.6 Å². The van der Waals surface area contributed by atoms with E-state index in [1.165, 1.54) is 11.9 Å². The highest BCUT2D eigenvalue weighted by Gasteiger charge is 2.41. The summed E-state index contributed by atoms with van der Waals surface area (Å²) in [6.45, 7) is 3.11. The van der Waals surface area contributed by atoms with E-state index < -0.39 is 56.8 Å². The minimum atomic E-state index is -4.17. The topological polar surface area (TPSA) is 130 Å². The molecule has 3 rings (SSSR count). The van der Waals surface area contributed by atoms with Crippen molar-refractivity contribution in [2.24, 2.45) is 0 Å². The van der Waals surface area contributed by atoms with Crippen LogP contribution >= 0.6 is 0 Å². The lowest BCUT2D eigenvalue weighted by atomic mass is 10.1. The molecule has 0 bridgehead atoms. The van der Waals surface area contributed by atoms with E-state index in [1.807, 2.05) is 30.3 Å². The van der Waals surface area contributed by atoms with Crippen molar-refractivity contribution in [1.29, 1.82) is 0 Å². The molecule has 0 aromatic heterocycles. The Hall–Kier alpha value is -3.57. The van der Waals surface area contributed by atoms with Crippen LogP contribution in [0, 0.1) is 0 Å². The van der Waals surface area contributed by atoms with Gasteiger partial charge in [0.1, 0.15) is 5.25 Å². The van der Waals surface area contributed by atoms with Crippen LogP contribution in [0.2, 0.25) is 0 Å². The number of Topliss-reactive ketones (excluding diaryl/α,β-unsaturated/α-hetero) is 1. The summed E-state index contributed by atoms with van der Waals surface area (Å²) in [6.07, 6.45) is 0.0527. The molecule has 3 amide bonds. The number of ketones is 1. The van der Waals surface area contributed by atoms with Crippen molar-refractivity contribution in [2.45, 2.75) is 43.2 Å². The Kier molecular flexibility index (Phi) is 11.4. The molecule has 1 aliphatic heterocycles. The van der Waals surface area contributed by atoms with Crippen molar-refractivity contribution in [2.75, 3.05) is 39.9 Å². The average molecular weight is 572 g/mol. The number of ether oxygens (including phenoxy) is 1. The van der Waals surface area contributed by atoms with Crippen molar-refractivity contribution < 1.29 is 32.3 Å². The van der Waals surface area contributed by atoms with E-state index in [-0.39, 0.29) is 13.0 Å². The summed E-state index contributed by atoms with van der Waals surface area (Å²) in [6, 6.07) is 16.6. The number of hydrogen-bond donors (Lipinski definition) is 1. The minimum Gasteiger partial charge on any atom is -0.378 e. The number of sulfone groups is 1. The molecule has 0 aliphatic carbocycles. The van der Waals surface area contributed by atoms with Crippen LogP contribution in [0.5, 0.6) is 0 Å². The number of rotatable bonds is 13. The third-order valence-corrected chi connectivity index (χ3v) is 8.88. The summed E-state index contributed by atoms with van der Waals surface area (Å²) >= 11 is 0. The first kappa shape index (κ1) is 31.0. The fraction of sp³-hybridized carbons (Fsp3) is 0.448. The molecule has 1 aliphatic rings. The van der Waals surface area contributed by atoms with Crippen LogP contribution in [0.3, 0.4) is 0 Å². The first-order chi connectivity index (χ1) is 19.1. The summed E-state index contributed by atoms with van der Waals surface area (Å²) < 4.78 is 32.4. The van der Waals surface area contributed by atoms with E-state index in [1.54, 1.807) is 37.3 Å². The number of carbonyl (C=O) groups excluding carboxylic acids is 4. The average Bonchev–Trinajstić information content (AvgIpc) is 2.96. The van der Waals surface area contributed by atoms with E-state index in [0.29, 0.717) is 38.3 Å². The Bertz CT molecular complexity index is 1260. The molecular formula is C29H37N3O7S. The predicted molar refractivity (Wildman–Crippen MR) is 150 cm³/mol. The number of hydrogen-bond acceptors (Lipinski definition) is 7. The van der Waals surface area contributed by atoms with Gasteiger partial charge in [-0.3, -0.25) is 19.2 Å². The van der Waals surface area contributed by atoms with Crippen LogP contribution in [0.1, 0.15) is 30.9 Å². The van der Waals surface area contributed by atoms with Crippen LogP contribution < -0.4 is 5.32 Å². The monoisotopic (exact) mass is 571 g/mol. The summed E-state index contributed by atoms with van der Waals surface area (Å²) in [5.74, 6) is -3.51. The molecule has 10 nitrogen and oxygen atoms in total. The fourth-order valence-electron chi connectivity index (χ4n) is 4.59. The summed E-state index contributed by atoms with van der Waals surface area (Å²) in [5.41, 5.74) is 1.47. The Morgan fingerprint density at radius 2 is 1.52 bits per heavy atom. The van der Waals surface area contributed by atoms with Gasteiger partial charge in [-0.2, -0.15) is 0 Å². The van der Waals surface area contributed by atoms with Gasteiger partial charge in [0.15, 0.2) is 9.84 Å². The van der Waals surface area contributed by atoms with Crippen LogP contribution in [-0.4, -0.2) is 92.9 Å². The van der Waals surface area contributed by atoms with Crippen molar-refractivity contribution in [3.63, 3.8) is 0 Å². The zero-order valence-corrected chi connectivity index (χ0v) is 23.8. The smallest absolute Gasteiger partial charge is 0.289 e. The highest BCUT2D eigenvalue weighted by Crippen LogP contribution is 2.20. The van der Waals surface area contributed by atoms with Crippen molar-refractivity contribution >= 4 is 33.3 Å². The Morgan fingerprint density at radius 1 is 0.950 bits per heavy atom. The van der Waals surface area contributed by atoms with E-state index >= 15 is 0 Å². The number of carbonyl (C=O) groups is 4. The number of benzene rings is 2. The molecule has 1 fully saturated rings. The van der Waals surface area contributed by atoms with Gasteiger partial charge in [-0.25, -0.2) is 8.42 Å². The molecule has 216 valence electrons. The molecule has 0 saturated carbocycles. The fourth-order valence-corrected chi connectivity index (χ4v) is 6.32. The second kappa shape index (κ2) is 14.7. The molecule has 1 saturated heterocycles. The predicted octanol–water partition coefficient (Wildman–Crippen LogP) is 1.38. The Balaban J connectivity index is 1.76. The first-order valence-electron chi connectivity index (χ1n) is 13.4. The Morgan fingerprint density at radius 3 is 2.10 bits per heavy atom. The summed E-state index contributed by atoms with van der Waals surface area (Å²) in [7, 11) is -2.87. The molecule has 2 aromatic rings. The number of amides is 3. The van der Waals surface area contributed by atoms with Gasteiger partial charge in [0, 0.05) is 26.7 Å². The summed E-state index contributed by atoms with van der Waals surface area (Å²) in [4.78, 5) is 54.9. The van der Waals surface area contributed by atoms with Crippen LogP contribution in [0.25, 0.3) is 0 Å². The highest BCUT2D eigenvalue weighted by molar-refractivity contribution is 7.92. The van der Waals surface area contributed by atoms with Gasteiger partial charge in [0.25, 0.3) is 5.91 Å². The first-order valence-corrected chi connectivity index (χ1v) is 15.1. The third-order valence-electron chi connectivity index (χ3n) is 6.91. The maximum atomic E-state index is 13.7. The van der Waals surface area contributed by atoms with E-state index in [9.17, 15) is 27.6 Å². The van der Waals surface area contributed by atoms with Crippen LogP contribution in [-0.2, 0) is 45.9 Å². The van der Waals surface area contributed by atoms with E-state index in [2.05, 4.69) is 5.32 Å². The molecule has 1 unspecified atom stereocenters. The standard InChI is InChI=1S/C29H37N3O7S/c1-3-24(27(34)28(35)30-15-14-22-10-6-4-7-11-22)31(2)29(36)25(20-26(33)32-16-18-39-19-17-32)40(37,38)21-23-12-8-5-9-13-23/h4-13,24-25H,3,14-21H2,1-2H3,(H,30,35)/t24?,25-/m0/s1. The second-order valence-corrected chi connectivity index (χ2v) is 11.9. The van der Waals surface area contributed by atoms with Crippen LogP contribution in [0.4, 0.5) is 0 Å². The lowest BCUT2D eigenvalue weighted by Gasteiger charge is -2.31. The molecule has 2 aromatic carbocycles. The molecule has 0 radical (unpaired) electrons. The van der Waals surface area contributed by atoms with E-state index in [0.717, 1.165) is 10.5 Å². The van der Waals surface area contributed by atoms with Gasteiger partial charge in [-0.05, 0) is 24.0 Å². The zero-order chi connectivity index (χ0) is 29.1. The van der Waals surface area contributed by atoms with E-state index in [4.69, 9.17) is 4.74 Å². The molecule has 2 atom stereocenters. The van der Waals surface area contributed by atoms with Crippen molar-refractivity contribution in [3.8, 4) is 0 Å². The van der Waals surface area contributed by atoms with Gasteiger partial charge in [-0.15, -0.1) is 0 Å². The summed E-state index contributed by atoms with van der Waals surface area (Å²) in [5, 5.41) is 0.878. The quantitative estimate of drug-likeness (QED) is 0.360. The van der Waals surface area contributed by atoms with Gasteiger partial charge >= 0.3 is 0 Å². The van der Waals surface area contributed by atoms with Gasteiger partial charge in [0.2, 0.25) is 17.6 Å². The van der Waals surface area contributed by atoms with Crippen molar-refractivity contribution in [1.82, 2.24) is 15.1 Å². The molecule has 11 heteroatoms. The maximum Gasteiger partial charge on any atom is 0.289 e. The second-order valence-electron chi connectivity index (χ2n) is 9.71. The highest BCUT2D eigenvalue weighted by atomic mass is 32.2. The number of nitrogens with zero attached hydrogens (tertiary/aromatic N) is 2. The lowest BCUT2D eigenvalue weighted by molar-refractivity contribution is -0.145. The van der Waals surface area contributed by atoms with Crippen LogP contribution in [0.15, 0.2) is 60.7 Å². The molecular weight excluding hydrogens is 534 g/mol. The maximum absolute atomic E-state index is 13.7. The van der Waals surface area contributed by atoms with Gasteiger partial charge in [0.05, 0.1) is 31.4 Å². The third kappa shape index (κ3) is 8.46. The number of morpholine rings is 1.